The molecule has 0 bridgehead atoms. The minimum atomic E-state index is -1.72. The van der Waals surface area contributed by atoms with Gasteiger partial charge in [0.05, 0.1) is 13.0 Å². The lowest BCUT2D eigenvalue weighted by molar-refractivity contribution is -0.485. The van der Waals surface area contributed by atoms with Gasteiger partial charge in [-0.25, -0.2) is 0 Å². The molecule has 0 aromatic heterocycles. The van der Waals surface area contributed by atoms with Gasteiger partial charge in [0.25, 0.3) is 0 Å². The van der Waals surface area contributed by atoms with Gasteiger partial charge in [-0.05, 0) is 11.1 Å². The van der Waals surface area contributed by atoms with Gasteiger partial charge < -0.3 is 10.1 Å². The number of esters is 1. The zero-order valence-corrected chi connectivity index (χ0v) is 14.8. The lowest BCUT2D eigenvalue weighted by atomic mass is 9.63. The first kappa shape index (κ1) is 18.6. The minimum Gasteiger partial charge on any atom is -0.468 e. The molecule has 3 rings (SSSR count). The van der Waals surface area contributed by atoms with Crippen molar-refractivity contribution >= 4 is 11.9 Å². The maximum atomic E-state index is 13.0. The molecular formula is C20H20N2O5. The fraction of sp³-hybridized carbons (Fsp3) is 0.300. The Hall–Kier alpha value is -3.22. The Labute approximate surface area is 156 Å². The van der Waals surface area contributed by atoms with Crippen molar-refractivity contribution in [1.29, 1.82) is 0 Å². The molecule has 2 aromatic carbocycles. The molecule has 140 valence electrons. The maximum absolute atomic E-state index is 13.0. The molecule has 7 heteroatoms. The third-order valence-electron chi connectivity index (χ3n) is 5.20. The van der Waals surface area contributed by atoms with Gasteiger partial charge in [0, 0.05) is 17.4 Å². The second kappa shape index (κ2) is 7.57. The van der Waals surface area contributed by atoms with Crippen LogP contribution in [-0.4, -0.2) is 37.0 Å². The summed E-state index contributed by atoms with van der Waals surface area (Å²) in [6.45, 7) is -0.352. The number of carbonyl (C=O) groups is 2. The molecule has 27 heavy (non-hydrogen) atoms. The van der Waals surface area contributed by atoms with Crippen molar-refractivity contribution in [3.63, 3.8) is 0 Å². The molecular weight excluding hydrogens is 348 g/mol. The molecule has 0 unspecified atom stereocenters. The summed E-state index contributed by atoms with van der Waals surface area (Å²) in [5, 5.41) is 14.2. The quantitative estimate of drug-likeness (QED) is 0.364. The van der Waals surface area contributed by atoms with E-state index in [1.54, 1.807) is 30.3 Å². The van der Waals surface area contributed by atoms with E-state index in [9.17, 15) is 19.7 Å². The highest BCUT2D eigenvalue weighted by Crippen LogP contribution is 2.51. The minimum absolute atomic E-state index is 0.207. The average molecular weight is 368 g/mol. The Morgan fingerprint density at radius 2 is 1.81 bits per heavy atom. The van der Waals surface area contributed by atoms with Crippen LogP contribution in [0.2, 0.25) is 0 Å². The van der Waals surface area contributed by atoms with Crippen LogP contribution in [0.1, 0.15) is 23.0 Å². The molecule has 7 nitrogen and oxygen atoms in total. The summed E-state index contributed by atoms with van der Waals surface area (Å²) in [6, 6.07) is 17.7. The molecule has 1 aliphatic heterocycles. The van der Waals surface area contributed by atoms with Crippen LogP contribution in [0.15, 0.2) is 60.7 Å². The summed E-state index contributed by atoms with van der Waals surface area (Å²) in [5.74, 6) is -2.85. The van der Waals surface area contributed by atoms with E-state index >= 15 is 0 Å². The van der Waals surface area contributed by atoms with Crippen LogP contribution in [-0.2, 0) is 14.3 Å². The van der Waals surface area contributed by atoms with E-state index in [-0.39, 0.29) is 6.54 Å². The lowest BCUT2D eigenvalue weighted by Gasteiger charge is -2.35. The van der Waals surface area contributed by atoms with Crippen molar-refractivity contribution in [2.75, 3.05) is 20.2 Å². The van der Waals surface area contributed by atoms with E-state index in [0.29, 0.717) is 5.56 Å². The summed E-state index contributed by atoms with van der Waals surface area (Å²) in [5.41, 5.74) is -0.409. The van der Waals surface area contributed by atoms with E-state index in [0.717, 1.165) is 5.56 Å². The molecule has 0 aliphatic carbocycles. The molecule has 1 aliphatic rings. The molecule has 1 fully saturated rings. The number of benzene rings is 2. The summed E-state index contributed by atoms with van der Waals surface area (Å²) >= 11 is 0. The topological polar surface area (TPSA) is 98.5 Å². The Balaban J connectivity index is 2.24. The van der Waals surface area contributed by atoms with E-state index in [1.165, 1.54) is 7.11 Å². The fourth-order valence-corrected chi connectivity index (χ4v) is 4.02. The van der Waals surface area contributed by atoms with E-state index in [1.807, 2.05) is 30.3 Å². The largest absolute Gasteiger partial charge is 0.468 e. The average Bonchev–Trinajstić information content (AvgIpc) is 3.04. The van der Waals surface area contributed by atoms with Gasteiger partial charge in [-0.3, -0.25) is 19.7 Å². The molecule has 3 atom stereocenters. The summed E-state index contributed by atoms with van der Waals surface area (Å²) in [4.78, 5) is 37.0. The van der Waals surface area contributed by atoms with Crippen LogP contribution in [0.4, 0.5) is 0 Å². The number of nitrogens with zero attached hydrogens (tertiary/aromatic N) is 1. The Morgan fingerprint density at radius 3 is 2.37 bits per heavy atom. The van der Waals surface area contributed by atoms with Gasteiger partial charge in [0.2, 0.25) is 12.5 Å². The molecule has 0 spiro atoms. The molecule has 0 radical (unpaired) electrons. The van der Waals surface area contributed by atoms with E-state index in [2.05, 4.69) is 5.32 Å². The number of hydrogen-bond acceptors (Lipinski definition) is 5. The number of carbonyl (C=O) groups excluding carboxylic acids is 2. The van der Waals surface area contributed by atoms with Crippen LogP contribution >= 0.6 is 0 Å². The molecule has 1 amide bonds. The SMILES string of the molecule is COC(=O)[C@]1([C@@H](C[N+](=O)[O-])c2ccccc2)C(=O)NC[C@@H]1c1ccccc1. The number of ether oxygens (including phenoxy) is 1. The van der Waals surface area contributed by atoms with Crippen molar-refractivity contribution in [2.24, 2.45) is 5.41 Å². The number of methoxy groups -OCH3 is 1. The number of nitrogens with one attached hydrogen (secondary N) is 1. The normalized spacial score (nSPS) is 22.7. The molecule has 1 N–H and O–H groups in total. The first-order valence-electron chi connectivity index (χ1n) is 8.60. The molecule has 2 aromatic rings. The predicted octanol–water partition coefficient (Wildman–Crippen LogP) is 2.12. The van der Waals surface area contributed by atoms with Crippen LogP contribution in [0.25, 0.3) is 0 Å². The summed E-state index contributed by atoms with van der Waals surface area (Å²) in [7, 11) is 1.20. The highest BCUT2D eigenvalue weighted by Gasteiger charge is 2.64. The highest BCUT2D eigenvalue weighted by atomic mass is 16.6. The van der Waals surface area contributed by atoms with Gasteiger partial charge in [-0.15, -0.1) is 0 Å². The van der Waals surface area contributed by atoms with Crippen molar-refractivity contribution in [2.45, 2.75) is 11.8 Å². The Kier molecular flexibility index (Phi) is 5.21. The zero-order valence-electron chi connectivity index (χ0n) is 14.8. The molecule has 0 saturated carbocycles. The predicted molar refractivity (Wildman–Crippen MR) is 97.7 cm³/mol. The van der Waals surface area contributed by atoms with Crippen LogP contribution in [0.5, 0.6) is 0 Å². The first-order valence-corrected chi connectivity index (χ1v) is 8.60. The third-order valence-corrected chi connectivity index (χ3v) is 5.20. The monoisotopic (exact) mass is 368 g/mol. The number of amides is 1. The third kappa shape index (κ3) is 3.16. The van der Waals surface area contributed by atoms with Gasteiger partial charge in [-0.1, -0.05) is 60.7 Å². The van der Waals surface area contributed by atoms with Gasteiger partial charge in [0.15, 0.2) is 5.41 Å². The maximum Gasteiger partial charge on any atom is 0.322 e. The number of rotatable bonds is 6. The van der Waals surface area contributed by atoms with Crippen molar-refractivity contribution in [1.82, 2.24) is 5.32 Å². The Morgan fingerprint density at radius 1 is 1.22 bits per heavy atom. The van der Waals surface area contributed by atoms with Crippen LogP contribution in [0, 0.1) is 15.5 Å². The lowest BCUT2D eigenvalue weighted by Crippen LogP contribution is -2.49. The van der Waals surface area contributed by atoms with E-state index in [4.69, 9.17) is 4.74 Å². The van der Waals surface area contributed by atoms with Gasteiger partial charge >= 0.3 is 5.97 Å². The summed E-state index contributed by atoms with van der Waals surface area (Å²) in [6.07, 6.45) is 0. The fourth-order valence-electron chi connectivity index (χ4n) is 4.02. The van der Waals surface area contributed by atoms with Crippen molar-refractivity contribution in [3.8, 4) is 0 Å². The van der Waals surface area contributed by atoms with Gasteiger partial charge in [0.1, 0.15) is 0 Å². The van der Waals surface area contributed by atoms with Crippen molar-refractivity contribution < 1.29 is 19.2 Å². The standard InChI is InChI=1S/C20H20N2O5/c1-27-19(24)20(17(13-22(25)26)15-10-6-3-7-11-15)16(12-21-18(20)23)14-8-4-2-5-9-14/h2-11,16-17H,12-13H2,1H3,(H,21,23)/t16-,17+,20-/m1/s1. The second-order valence-corrected chi connectivity index (χ2v) is 6.51. The highest BCUT2D eigenvalue weighted by molar-refractivity contribution is 6.06. The van der Waals surface area contributed by atoms with Crippen LogP contribution < -0.4 is 5.32 Å². The first-order chi connectivity index (χ1) is 13.0. The van der Waals surface area contributed by atoms with E-state index < -0.39 is 40.6 Å². The molecule has 1 saturated heterocycles. The number of nitro groups is 1. The van der Waals surface area contributed by atoms with Crippen molar-refractivity contribution in [3.05, 3.63) is 81.9 Å². The van der Waals surface area contributed by atoms with Crippen LogP contribution in [0.3, 0.4) is 0 Å². The Bertz CT molecular complexity index is 840. The smallest absolute Gasteiger partial charge is 0.322 e. The second-order valence-electron chi connectivity index (χ2n) is 6.51. The molecule has 1 heterocycles. The van der Waals surface area contributed by atoms with Gasteiger partial charge in [-0.2, -0.15) is 0 Å². The number of hydrogen-bond donors (Lipinski definition) is 1. The summed E-state index contributed by atoms with van der Waals surface area (Å²) < 4.78 is 5.02. The zero-order chi connectivity index (χ0) is 19.4.